The first kappa shape index (κ1) is 15.5. The summed E-state index contributed by atoms with van der Waals surface area (Å²) >= 11 is 0. The lowest BCUT2D eigenvalue weighted by molar-refractivity contribution is -0.142. The average Bonchev–Trinajstić information content (AvgIpc) is 2.98. The maximum Gasteiger partial charge on any atom is 0.230 e. The van der Waals surface area contributed by atoms with Crippen LogP contribution in [-0.2, 0) is 11.3 Å². The van der Waals surface area contributed by atoms with E-state index in [0.29, 0.717) is 18.0 Å². The first-order chi connectivity index (χ1) is 9.99. The third-order valence-corrected chi connectivity index (χ3v) is 4.57. The molecule has 112 valence electrons. The molecule has 0 aliphatic carbocycles. The third-order valence-electron chi connectivity index (χ3n) is 4.57. The fourth-order valence-electron chi connectivity index (χ4n) is 3.04. The summed E-state index contributed by atoms with van der Waals surface area (Å²) in [5, 5.41) is 12.1. The van der Waals surface area contributed by atoms with Crippen LogP contribution < -0.4 is 5.32 Å². The zero-order chi connectivity index (χ0) is 15.5. The molecule has 2 rings (SSSR count). The number of nitrogens with zero attached hydrogens (tertiary/aromatic N) is 2. The Morgan fingerprint density at radius 2 is 2.10 bits per heavy atom. The van der Waals surface area contributed by atoms with E-state index in [1.165, 1.54) is 0 Å². The molecule has 1 fully saturated rings. The SMILES string of the molecule is CC(C)C1(C(=O)N(C)Cc2ccc(C#N)cc2)CCNC1. The molecule has 0 aromatic heterocycles. The van der Waals surface area contributed by atoms with Gasteiger partial charge in [-0.2, -0.15) is 5.26 Å². The van der Waals surface area contributed by atoms with Crippen molar-refractivity contribution in [2.75, 3.05) is 20.1 Å². The first-order valence-electron chi connectivity index (χ1n) is 7.45. The number of carbonyl (C=O) groups excluding carboxylic acids is 1. The number of benzene rings is 1. The minimum absolute atomic E-state index is 0.215. The van der Waals surface area contributed by atoms with E-state index < -0.39 is 0 Å². The highest BCUT2D eigenvalue weighted by atomic mass is 16.2. The maximum absolute atomic E-state index is 12.9. The largest absolute Gasteiger partial charge is 0.341 e. The third kappa shape index (κ3) is 3.08. The molecular formula is C17H23N3O. The summed E-state index contributed by atoms with van der Waals surface area (Å²) in [6, 6.07) is 9.52. The highest BCUT2D eigenvalue weighted by Gasteiger charge is 2.45. The molecule has 1 N–H and O–H groups in total. The van der Waals surface area contributed by atoms with Gasteiger partial charge in [-0.25, -0.2) is 0 Å². The van der Waals surface area contributed by atoms with E-state index in [0.717, 1.165) is 25.1 Å². The molecule has 0 spiro atoms. The smallest absolute Gasteiger partial charge is 0.230 e. The molecule has 0 saturated carbocycles. The second-order valence-corrected chi connectivity index (χ2v) is 6.21. The van der Waals surface area contributed by atoms with Crippen LogP contribution in [0.15, 0.2) is 24.3 Å². The van der Waals surface area contributed by atoms with Crippen LogP contribution in [0.1, 0.15) is 31.4 Å². The standard InChI is InChI=1S/C17H23N3O/c1-13(2)17(8-9-19-12-17)16(21)20(3)11-15-6-4-14(10-18)5-7-15/h4-7,13,19H,8-9,11-12H2,1-3H3. The lowest BCUT2D eigenvalue weighted by atomic mass is 9.75. The number of carbonyl (C=O) groups is 1. The molecule has 1 saturated heterocycles. The molecule has 1 atom stereocenters. The molecule has 0 bridgehead atoms. The Bertz CT molecular complexity index is 536. The van der Waals surface area contributed by atoms with Gasteiger partial charge < -0.3 is 10.2 Å². The van der Waals surface area contributed by atoms with Gasteiger partial charge in [-0.05, 0) is 36.6 Å². The van der Waals surface area contributed by atoms with Crippen molar-refractivity contribution < 1.29 is 4.79 Å². The normalized spacial score (nSPS) is 21.3. The molecule has 1 heterocycles. The van der Waals surface area contributed by atoms with Crippen molar-refractivity contribution in [1.82, 2.24) is 10.2 Å². The number of nitriles is 1. The van der Waals surface area contributed by atoms with E-state index in [-0.39, 0.29) is 11.3 Å². The number of hydrogen-bond donors (Lipinski definition) is 1. The zero-order valence-corrected chi connectivity index (χ0v) is 13.0. The minimum Gasteiger partial charge on any atom is -0.341 e. The highest BCUT2D eigenvalue weighted by molar-refractivity contribution is 5.83. The van der Waals surface area contributed by atoms with Crippen LogP contribution in [0.4, 0.5) is 0 Å². The molecule has 21 heavy (non-hydrogen) atoms. The van der Waals surface area contributed by atoms with Gasteiger partial charge in [-0.1, -0.05) is 26.0 Å². The Morgan fingerprint density at radius 1 is 1.43 bits per heavy atom. The van der Waals surface area contributed by atoms with Crippen LogP contribution in [0.3, 0.4) is 0 Å². The first-order valence-corrected chi connectivity index (χ1v) is 7.45. The molecule has 4 heteroatoms. The van der Waals surface area contributed by atoms with Gasteiger partial charge in [0, 0.05) is 20.1 Å². The summed E-state index contributed by atoms with van der Waals surface area (Å²) in [6.07, 6.45) is 0.904. The Hall–Kier alpha value is -1.86. The predicted molar refractivity (Wildman–Crippen MR) is 82.4 cm³/mol. The minimum atomic E-state index is -0.276. The van der Waals surface area contributed by atoms with Crippen molar-refractivity contribution in [1.29, 1.82) is 5.26 Å². The summed E-state index contributed by atoms with van der Waals surface area (Å²) in [6.45, 7) is 6.51. The number of hydrogen-bond acceptors (Lipinski definition) is 3. The van der Waals surface area contributed by atoms with Crippen molar-refractivity contribution >= 4 is 5.91 Å². The van der Waals surface area contributed by atoms with E-state index in [2.05, 4.69) is 25.2 Å². The van der Waals surface area contributed by atoms with Crippen LogP contribution in [0, 0.1) is 22.7 Å². The van der Waals surface area contributed by atoms with Crippen LogP contribution in [0.25, 0.3) is 0 Å². The topological polar surface area (TPSA) is 56.1 Å². The van der Waals surface area contributed by atoms with Crippen molar-refractivity contribution in [2.24, 2.45) is 11.3 Å². The van der Waals surface area contributed by atoms with E-state index in [9.17, 15) is 4.79 Å². The molecule has 1 aliphatic heterocycles. The Morgan fingerprint density at radius 3 is 2.57 bits per heavy atom. The summed E-state index contributed by atoms with van der Waals surface area (Å²) in [7, 11) is 1.86. The molecule has 4 nitrogen and oxygen atoms in total. The molecule has 1 aromatic rings. The lowest BCUT2D eigenvalue weighted by Gasteiger charge is -2.35. The van der Waals surface area contributed by atoms with Gasteiger partial charge in [0.1, 0.15) is 0 Å². The number of rotatable bonds is 4. The maximum atomic E-state index is 12.9. The van der Waals surface area contributed by atoms with Crippen molar-refractivity contribution in [3.05, 3.63) is 35.4 Å². The quantitative estimate of drug-likeness (QED) is 0.922. The Kier molecular flexibility index (Phi) is 4.64. The average molecular weight is 285 g/mol. The number of amides is 1. The fourth-order valence-corrected chi connectivity index (χ4v) is 3.04. The van der Waals surface area contributed by atoms with Gasteiger partial charge in [-0.3, -0.25) is 4.79 Å². The lowest BCUT2D eigenvalue weighted by Crippen LogP contribution is -2.46. The molecule has 1 unspecified atom stereocenters. The second kappa shape index (κ2) is 6.28. The highest BCUT2D eigenvalue weighted by Crippen LogP contribution is 2.36. The van der Waals surface area contributed by atoms with Crippen LogP contribution in [0.2, 0.25) is 0 Å². The van der Waals surface area contributed by atoms with E-state index in [1.54, 1.807) is 12.1 Å². The summed E-state index contributed by atoms with van der Waals surface area (Å²) in [4.78, 5) is 14.7. The van der Waals surface area contributed by atoms with Crippen LogP contribution >= 0.6 is 0 Å². The predicted octanol–water partition coefficient (Wildman–Crippen LogP) is 2.15. The van der Waals surface area contributed by atoms with E-state index in [1.807, 2.05) is 24.1 Å². The molecule has 0 radical (unpaired) electrons. The fraction of sp³-hybridized carbons (Fsp3) is 0.529. The number of nitrogens with one attached hydrogen (secondary N) is 1. The monoisotopic (exact) mass is 285 g/mol. The van der Waals surface area contributed by atoms with Crippen molar-refractivity contribution in [3.8, 4) is 6.07 Å². The van der Waals surface area contributed by atoms with Gasteiger partial charge in [0.25, 0.3) is 0 Å². The zero-order valence-electron chi connectivity index (χ0n) is 13.0. The van der Waals surface area contributed by atoms with Gasteiger partial charge in [0.05, 0.1) is 17.0 Å². The van der Waals surface area contributed by atoms with Gasteiger partial charge in [0.15, 0.2) is 0 Å². The molecule has 1 amide bonds. The molecular weight excluding hydrogens is 262 g/mol. The van der Waals surface area contributed by atoms with E-state index in [4.69, 9.17) is 5.26 Å². The van der Waals surface area contributed by atoms with Crippen molar-refractivity contribution in [3.63, 3.8) is 0 Å². The van der Waals surface area contributed by atoms with Crippen LogP contribution in [0.5, 0.6) is 0 Å². The van der Waals surface area contributed by atoms with Gasteiger partial charge >= 0.3 is 0 Å². The van der Waals surface area contributed by atoms with Crippen molar-refractivity contribution in [2.45, 2.75) is 26.8 Å². The second-order valence-electron chi connectivity index (χ2n) is 6.21. The molecule has 1 aromatic carbocycles. The van der Waals surface area contributed by atoms with Gasteiger partial charge in [0.2, 0.25) is 5.91 Å². The van der Waals surface area contributed by atoms with E-state index >= 15 is 0 Å². The summed E-state index contributed by atoms with van der Waals surface area (Å²) in [5.41, 5.74) is 1.42. The van der Waals surface area contributed by atoms with Gasteiger partial charge in [-0.15, -0.1) is 0 Å². The summed E-state index contributed by atoms with van der Waals surface area (Å²) in [5.74, 6) is 0.537. The Balaban J connectivity index is 2.09. The Labute approximate surface area is 126 Å². The summed E-state index contributed by atoms with van der Waals surface area (Å²) < 4.78 is 0. The molecule has 1 aliphatic rings. The van der Waals surface area contributed by atoms with Crippen LogP contribution in [-0.4, -0.2) is 30.9 Å².